The first kappa shape index (κ1) is 97.8. The number of imidazole rings is 4. The Balaban J connectivity index is 0.000000143. The minimum atomic E-state index is -3.00. The number of hydrogen-bond acceptors (Lipinski definition) is 46. The number of anilines is 6. The molecule has 0 saturated carbocycles. The van der Waals surface area contributed by atoms with Crippen molar-refractivity contribution in [1.29, 1.82) is 0 Å². The van der Waals surface area contributed by atoms with Crippen LogP contribution in [-0.4, -0.2) is 345 Å². The number of nitrogens with zero attached hydrogens (tertiary/aromatic N) is 17. The lowest BCUT2D eigenvalue weighted by atomic mass is 9.95. The summed E-state index contributed by atoms with van der Waals surface area (Å²) in [6, 6.07) is 1.46. The number of aromatic nitrogens is 22. The van der Waals surface area contributed by atoms with E-state index in [9.17, 15) is 111 Å². The van der Waals surface area contributed by atoms with Crippen molar-refractivity contribution >= 4 is 196 Å². The summed E-state index contributed by atoms with van der Waals surface area (Å²) in [6.45, 7) is -8.17. The smallest absolute Gasteiger partial charge is 0.280 e. The third kappa shape index (κ3) is 18.6. The second kappa shape index (κ2) is 41.3. The maximum atomic E-state index is 14.1. The lowest BCUT2D eigenvalue weighted by molar-refractivity contribution is -0.0721. The SMILES string of the molecule is Nc1nc(=S)c2ncn([C@@H]3O[C@H](CO)[C@H](O)C3(O)C#CCl)c2[nH]1.Nc1nc2c(c(F)cn2[C@@H]2O[C@H](CO)[C@H](O)C2(O)C#CCl)c(=O)[nH]1.Nc1nc2c(ccn2[C@@H]2O[C@H](CO)[C@H](O)C2(O)C#CCl)c(=O)[nH]1.Nc1ncc2ncn([C@@H]3O[C@H](CO)[C@H](O)C3(O)C#CCl)c2n1.[2H]C([2H])(O)[C@H]1O[C@@H](n2cnc3c(=O)[nH]c(N)nc32)C(O)(C#CCl)[C@H]1O.[2H]C([2H])(O)[C@H]1O[C@@H](n2cnc3c(=S)nc(N)[nH]c32)C(O)(C#CCl)[C@H]1O. The lowest BCUT2D eigenvalue weighted by Gasteiger charge is -2.26. The number of hydrogen-bond donors (Lipinski definition) is 29. The monoisotopic (exact) mass is 2080 g/mol. The highest BCUT2D eigenvalue weighted by molar-refractivity contribution is 7.71. The van der Waals surface area contributed by atoms with E-state index >= 15 is 0 Å². The van der Waals surface area contributed by atoms with E-state index in [1.807, 2.05) is 32.3 Å². The predicted octanol–water partition coefficient (Wildman–Crippen LogP) is -7.91. The van der Waals surface area contributed by atoms with Crippen LogP contribution in [0.5, 0.6) is 0 Å². The number of nitrogens with one attached hydrogen (secondary N) is 5. The molecule has 6 saturated heterocycles. The van der Waals surface area contributed by atoms with Gasteiger partial charge in [-0.25, -0.2) is 39.3 Å². The van der Waals surface area contributed by atoms with Gasteiger partial charge in [0.25, 0.3) is 16.7 Å². The van der Waals surface area contributed by atoms with Crippen LogP contribution < -0.4 is 51.1 Å². The van der Waals surface area contributed by atoms with Crippen LogP contribution in [0.15, 0.2) is 64.3 Å². The highest BCUT2D eigenvalue weighted by Crippen LogP contribution is 2.46. The maximum absolute atomic E-state index is 14.1. The number of halogens is 7. The molecule has 6 aliphatic rings. The molecular formula is C74H73Cl6FN28O27S2. The van der Waals surface area contributed by atoms with Crippen LogP contribution in [-0.2, 0) is 28.4 Å². The van der Waals surface area contributed by atoms with Crippen LogP contribution in [0, 0.1) is 82.9 Å². The van der Waals surface area contributed by atoms with Gasteiger partial charge in [0.05, 0.1) is 81.9 Å². The van der Waals surface area contributed by atoms with Crippen molar-refractivity contribution in [3.63, 3.8) is 0 Å². The Hall–Kier alpha value is -11.8. The number of nitrogens with two attached hydrogens (primary N) is 6. The fraction of sp³-hybridized carbons (Fsp3) is 0.405. The van der Waals surface area contributed by atoms with Crippen LogP contribution in [0.2, 0.25) is 0 Å². The molecule has 0 bridgehead atoms. The first-order chi connectivity index (χ1) is 66.9. The lowest BCUT2D eigenvalue weighted by Crippen LogP contribution is -2.45. The molecule has 12 aromatic rings. The molecule has 6 unspecified atom stereocenters. The number of aliphatic hydroxyl groups is 18. The number of H-pyrrole nitrogens is 5. The number of aromatic amines is 5. The van der Waals surface area contributed by atoms with E-state index in [1.165, 1.54) is 55.7 Å². The van der Waals surface area contributed by atoms with E-state index in [0.717, 1.165) is 21.7 Å². The molecule has 0 amide bonds. The summed E-state index contributed by atoms with van der Waals surface area (Å²) in [5.41, 5.74) is 19.6. The van der Waals surface area contributed by atoms with E-state index in [2.05, 4.69) is 115 Å². The van der Waals surface area contributed by atoms with Gasteiger partial charge in [0.15, 0.2) is 92.5 Å². The van der Waals surface area contributed by atoms with Crippen molar-refractivity contribution in [2.45, 2.75) is 144 Å². The highest BCUT2D eigenvalue weighted by atomic mass is 35.5. The van der Waals surface area contributed by atoms with Crippen molar-refractivity contribution < 1.29 is 130 Å². The van der Waals surface area contributed by atoms with Crippen molar-refractivity contribution in [3.8, 4) is 67.8 Å². The summed E-state index contributed by atoms with van der Waals surface area (Å²) in [4.78, 5) is 91.1. The average molecular weight is 2090 g/mol. The van der Waals surface area contributed by atoms with Crippen molar-refractivity contribution in [2.75, 3.05) is 73.9 Å². The summed E-state index contributed by atoms with van der Waals surface area (Å²) in [5.74, 6) is 11.9. The quantitative estimate of drug-likeness (QED) is 0.0399. The molecule has 6 fully saturated rings. The molecule has 0 spiro atoms. The molecule has 55 nitrogen and oxygen atoms in total. The zero-order valence-electron chi connectivity index (χ0n) is 72.6. The molecule has 35 N–H and O–H groups in total. The Bertz CT molecular complexity index is 7310. The predicted molar refractivity (Wildman–Crippen MR) is 480 cm³/mol. The van der Waals surface area contributed by atoms with Gasteiger partial charge >= 0.3 is 0 Å². The van der Waals surface area contributed by atoms with Crippen molar-refractivity contribution in [2.24, 2.45) is 0 Å². The van der Waals surface area contributed by atoms with E-state index in [1.54, 1.807) is 0 Å². The molecule has 0 radical (unpaired) electrons. The molecular weight excluding hydrogens is 2010 g/mol. The number of aliphatic hydroxyl groups excluding tert-OH is 10. The second-order valence-corrected chi connectivity index (χ2v) is 31.6. The number of fused-ring (bicyclic) bond motifs is 6. The minimum Gasteiger partial charge on any atom is -0.394 e. The summed E-state index contributed by atoms with van der Waals surface area (Å²) in [7, 11) is 0. The third-order valence-electron chi connectivity index (χ3n) is 21.7. The Kier molecular flexibility index (Phi) is 29.3. The first-order valence-electron chi connectivity index (χ1n) is 40.4. The molecule has 12 aromatic heterocycles. The average Bonchev–Trinajstić information content (AvgIpc) is 1.62. The zero-order valence-corrected chi connectivity index (χ0v) is 74.8. The molecule has 732 valence electrons. The molecule has 18 heterocycles. The summed E-state index contributed by atoms with van der Waals surface area (Å²) in [5, 5.41) is 193. The van der Waals surface area contributed by atoms with Gasteiger partial charge in [-0.15, -0.1) is 0 Å². The molecule has 0 aliphatic carbocycles. The standard InChI is InChI=1S/C13H12ClFN4O5.C13H13ClN4O5.C12H12ClN5O5.2C12H12ClN5O4S.C12H12ClN5O4/c14-2-1-13(23)8(21)6(4-20)24-11(13)19-3-5(15)7-9(19)17-12(16)18-10(7)22;14-3-2-13(22)8(20)7(5-19)23-11(13)18-4-1-6-9(18)16-12(15)17-10(6)21;13-2-1-12(22)7(20)5(3-19)23-10(12)18-4-15-6-8(18)16-11(14)17-9(6)21;2*13-2-1-12(21)7(20)5(3-19)22-10(12)18-4-15-6-8(18)16-11(14)17-9(6)23;13-2-1-12(21)8(20)7(4-19)22-10(12)18-5-16-6-3-15-11(14)17-9(6)18/h3,6,8,11,20-21,23H,4H2,(H3,16,17,18,22);1,4,7-8,11,19-20,22H,5H2,(H3,15,16,17,21);4-5,7,10,19-20,22H,3H2,(H3,14,16,17,21);2*4-5,7,10,19-21H,3H2,(H3,14,16,17,23);3,5,7-8,10,19-21H,4H2,(H2,14,15,17)/t6-,8+,11-,13?;7-,8+,11-,13?;3*5-,7+,10-,12?;7-,8+,10-,12?/m111111/s1/i;;2*3D2;;. The molecule has 0 aromatic carbocycles. The largest absolute Gasteiger partial charge is 0.394 e. The Morgan fingerprint density at radius 2 is 0.717 bits per heavy atom. The summed E-state index contributed by atoms with van der Waals surface area (Å²) >= 11 is 42.3. The van der Waals surface area contributed by atoms with Gasteiger partial charge in [0.1, 0.15) is 106 Å². The van der Waals surface area contributed by atoms with Crippen LogP contribution in [0.3, 0.4) is 0 Å². The molecule has 6 aliphatic heterocycles. The van der Waals surface area contributed by atoms with Gasteiger partial charge in [0, 0.05) is 44.7 Å². The first-order valence-corrected chi connectivity index (χ1v) is 41.5. The fourth-order valence-corrected chi connectivity index (χ4v) is 16.5. The molecule has 18 rings (SSSR count). The van der Waals surface area contributed by atoms with Gasteiger partial charge in [-0.3, -0.25) is 52.2 Å². The number of ether oxygens (including phenoxy) is 6. The minimum absolute atomic E-state index is 0.0125. The topological polar surface area (TPSA) is 877 Å². The van der Waals surface area contributed by atoms with E-state index in [-0.39, 0.29) is 89.6 Å². The Morgan fingerprint density at radius 3 is 1.12 bits per heavy atom. The van der Waals surface area contributed by atoms with Gasteiger partial charge in [-0.05, 0) is 111 Å². The van der Waals surface area contributed by atoms with Gasteiger partial charge in [-0.1, -0.05) is 24.4 Å². The number of rotatable bonds is 12. The molecule has 24 atom stereocenters. The van der Waals surface area contributed by atoms with Crippen LogP contribution in [0.4, 0.5) is 40.1 Å². The zero-order chi connectivity index (χ0) is 104. The normalized spacial score (nSPS) is 31.0. The van der Waals surface area contributed by atoms with Gasteiger partial charge < -0.3 is 169 Å². The van der Waals surface area contributed by atoms with E-state index in [4.69, 9.17) is 162 Å². The molecule has 64 heteroatoms. The Labute approximate surface area is 811 Å². The second-order valence-electron chi connectivity index (χ2n) is 29.7. The fourth-order valence-electron chi connectivity index (χ4n) is 15.1. The maximum Gasteiger partial charge on any atom is 0.280 e. The Morgan fingerprint density at radius 1 is 0.399 bits per heavy atom. The van der Waals surface area contributed by atoms with Crippen LogP contribution in [0.25, 0.3) is 66.7 Å². The third-order valence-corrected chi connectivity index (χ3v) is 22.8. The summed E-state index contributed by atoms with van der Waals surface area (Å²) in [6.07, 6.45) is -17.6. The van der Waals surface area contributed by atoms with E-state index in [0.29, 0.717) is 16.7 Å². The van der Waals surface area contributed by atoms with Crippen LogP contribution >= 0.6 is 94.0 Å². The van der Waals surface area contributed by atoms with Gasteiger partial charge in [-0.2, -0.15) is 19.9 Å². The highest BCUT2D eigenvalue weighted by Gasteiger charge is 2.62. The van der Waals surface area contributed by atoms with Crippen molar-refractivity contribution in [3.05, 3.63) is 96.1 Å². The molecule has 138 heavy (non-hydrogen) atoms. The van der Waals surface area contributed by atoms with Crippen LogP contribution in [0.1, 0.15) is 42.9 Å². The van der Waals surface area contributed by atoms with Crippen molar-refractivity contribution in [1.82, 2.24) is 107 Å². The number of nitrogen functional groups attached to an aromatic ring is 6. The summed E-state index contributed by atoms with van der Waals surface area (Å²) < 4.78 is 83.6. The van der Waals surface area contributed by atoms with Gasteiger partial charge in [0.2, 0.25) is 57.4 Å². The van der Waals surface area contributed by atoms with E-state index < -0.39 is 212 Å².